The molecule has 21 heavy (non-hydrogen) atoms. The van der Waals surface area contributed by atoms with Crippen molar-refractivity contribution < 1.29 is 9.13 Å². The van der Waals surface area contributed by atoms with Crippen LogP contribution in [-0.4, -0.2) is 16.5 Å². The molecule has 0 aliphatic heterocycles. The van der Waals surface area contributed by atoms with Gasteiger partial charge in [0.1, 0.15) is 29.0 Å². The predicted octanol–water partition coefficient (Wildman–Crippen LogP) is 2.94. The number of methoxy groups -OCH3 is 1. The number of hydrogen-bond donors (Lipinski definition) is 0. The number of fused-ring (bicyclic) bond motifs is 1. The van der Waals surface area contributed by atoms with E-state index in [1.807, 2.05) is 24.3 Å². The second-order valence-electron chi connectivity index (χ2n) is 4.62. The molecule has 0 aliphatic carbocycles. The predicted molar refractivity (Wildman–Crippen MR) is 75.7 cm³/mol. The molecule has 3 aromatic rings. The van der Waals surface area contributed by atoms with Gasteiger partial charge in [0.05, 0.1) is 12.8 Å². The first-order valence-electron chi connectivity index (χ1n) is 6.41. The Hall–Kier alpha value is -2.87. The summed E-state index contributed by atoms with van der Waals surface area (Å²) in [7, 11) is 1.61. The van der Waals surface area contributed by atoms with Crippen molar-refractivity contribution in [3.8, 4) is 11.8 Å². The smallest absolute Gasteiger partial charge is 0.148 e. The van der Waals surface area contributed by atoms with Gasteiger partial charge in [-0.1, -0.05) is 12.1 Å². The molecule has 0 saturated carbocycles. The molecule has 0 atom stereocenters. The van der Waals surface area contributed by atoms with Crippen LogP contribution in [0.15, 0.2) is 42.6 Å². The topological polar surface area (TPSA) is 50.3 Å². The fourth-order valence-corrected chi connectivity index (χ4v) is 2.25. The zero-order chi connectivity index (χ0) is 14.8. The van der Waals surface area contributed by atoms with Gasteiger partial charge in [-0.25, -0.2) is 9.37 Å². The number of pyridine rings is 1. The van der Waals surface area contributed by atoms with E-state index in [0.29, 0.717) is 23.5 Å². The Morgan fingerprint density at radius 1 is 1.24 bits per heavy atom. The van der Waals surface area contributed by atoms with Gasteiger partial charge in [-0.2, -0.15) is 5.26 Å². The standard InChI is InChI=1S/C16H12FN3O/c1-21-13-5-2-11(3-6-13)8-14-15(9-18)20-10-12(17)4-7-16(20)19-14/h2-7,10H,8H2,1H3. The van der Waals surface area contributed by atoms with Crippen molar-refractivity contribution in [3.05, 3.63) is 65.4 Å². The Morgan fingerprint density at radius 2 is 2.00 bits per heavy atom. The first kappa shape index (κ1) is 13.1. The number of benzene rings is 1. The third-order valence-corrected chi connectivity index (χ3v) is 3.29. The zero-order valence-electron chi connectivity index (χ0n) is 11.4. The minimum Gasteiger partial charge on any atom is -0.497 e. The first-order chi connectivity index (χ1) is 10.2. The largest absolute Gasteiger partial charge is 0.497 e. The number of aromatic nitrogens is 2. The fraction of sp³-hybridized carbons (Fsp3) is 0.125. The van der Waals surface area contributed by atoms with E-state index in [0.717, 1.165) is 11.3 Å². The molecule has 4 nitrogen and oxygen atoms in total. The molecular formula is C16H12FN3O. The van der Waals surface area contributed by atoms with Crippen LogP contribution in [0.5, 0.6) is 5.75 Å². The third-order valence-electron chi connectivity index (χ3n) is 3.29. The highest BCUT2D eigenvalue weighted by molar-refractivity contribution is 5.48. The average molecular weight is 281 g/mol. The van der Waals surface area contributed by atoms with Crippen molar-refractivity contribution >= 4 is 5.65 Å². The molecule has 104 valence electrons. The van der Waals surface area contributed by atoms with E-state index in [-0.39, 0.29) is 0 Å². The van der Waals surface area contributed by atoms with Crippen molar-refractivity contribution in [2.24, 2.45) is 0 Å². The number of imidazole rings is 1. The zero-order valence-corrected chi connectivity index (χ0v) is 11.4. The van der Waals surface area contributed by atoms with Gasteiger partial charge >= 0.3 is 0 Å². The molecular weight excluding hydrogens is 269 g/mol. The molecule has 2 heterocycles. The Bertz CT molecular complexity index is 831. The maximum atomic E-state index is 13.3. The summed E-state index contributed by atoms with van der Waals surface area (Å²) in [6.07, 6.45) is 1.79. The Morgan fingerprint density at radius 3 is 2.67 bits per heavy atom. The summed E-state index contributed by atoms with van der Waals surface area (Å²) >= 11 is 0. The molecule has 5 heteroatoms. The van der Waals surface area contributed by atoms with Gasteiger partial charge in [0, 0.05) is 12.6 Å². The van der Waals surface area contributed by atoms with Crippen molar-refractivity contribution in [2.45, 2.75) is 6.42 Å². The second kappa shape index (κ2) is 5.25. The van der Waals surface area contributed by atoms with Crippen molar-refractivity contribution in [1.29, 1.82) is 5.26 Å². The highest BCUT2D eigenvalue weighted by Gasteiger charge is 2.12. The highest BCUT2D eigenvalue weighted by atomic mass is 19.1. The molecule has 0 aliphatic rings. The van der Waals surface area contributed by atoms with Crippen LogP contribution >= 0.6 is 0 Å². The van der Waals surface area contributed by atoms with E-state index in [1.165, 1.54) is 16.7 Å². The van der Waals surface area contributed by atoms with Crippen LogP contribution in [0.4, 0.5) is 4.39 Å². The van der Waals surface area contributed by atoms with Gasteiger partial charge in [0.15, 0.2) is 0 Å². The third kappa shape index (κ3) is 2.43. The van der Waals surface area contributed by atoms with Crippen LogP contribution in [0.1, 0.15) is 17.0 Å². The molecule has 0 unspecified atom stereocenters. The van der Waals surface area contributed by atoms with Crippen LogP contribution in [0, 0.1) is 17.1 Å². The molecule has 2 aromatic heterocycles. The van der Waals surface area contributed by atoms with E-state index in [4.69, 9.17) is 4.74 Å². The molecule has 0 bridgehead atoms. The molecule has 0 spiro atoms. The quantitative estimate of drug-likeness (QED) is 0.741. The van der Waals surface area contributed by atoms with E-state index in [1.54, 1.807) is 13.2 Å². The molecule has 0 radical (unpaired) electrons. The van der Waals surface area contributed by atoms with E-state index in [9.17, 15) is 9.65 Å². The maximum Gasteiger partial charge on any atom is 0.148 e. The van der Waals surface area contributed by atoms with Crippen molar-refractivity contribution in [2.75, 3.05) is 7.11 Å². The van der Waals surface area contributed by atoms with Crippen LogP contribution in [0.2, 0.25) is 0 Å². The first-order valence-corrected chi connectivity index (χ1v) is 6.41. The second-order valence-corrected chi connectivity index (χ2v) is 4.62. The number of nitriles is 1. The van der Waals surface area contributed by atoms with Gasteiger partial charge in [-0.3, -0.25) is 4.40 Å². The maximum absolute atomic E-state index is 13.3. The lowest BCUT2D eigenvalue weighted by Gasteiger charge is -2.02. The van der Waals surface area contributed by atoms with E-state index >= 15 is 0 Å². The Labute approximate surface area is 121 Å². The van der Waals surface area contributed by atoms with Crippen LogP contribution < -0.4 is 4.74 Å². The van der Waals surface area contributed by atoms with Gasteiger partial charge in [0.2, 0.25) is 0 Å². The summed E-state index contributed by atoms with van der Waals surface area (Å²) in [5.74, 6) is 0.378. The summed E-state index contributed by atoms with van der Waals surface area (Å²) in [6, 6.07) is 12.6. The van der Waals surface area contributed by atoms with Crippen LogP contribution in [-0.2, 0) is 6.42 Å². The Balaban J connectivity index is 2.01. The normalized spacial score (nSPS) is 10.5. The Kier molecular flexibility index (Phi) is 3.28. The van der Waals surface area contributed by atoms with Crippen LogP contribution in [0.3, 0.4) is 0 Å². The van der Waals surface area contributed by atoms with Gasteiger partial charge in [-0.15, -0.1) is 0 Å². The molecule has 0 N–H and O–H groups in total. The number of rotatable bonds is 3. The lowest BCUT2D eigenvalue weighted by molar-refractivity contribution is 0.414. The van der Waals surface area contributed by atoms with Gasteiger partial charge in [-0.05, 0) is 29.8 Å². The van der Waals surface area contributed by atoms with Gasteiger partial charge in [0.25, 0.3) is 0 Å². The highest BCUT2D eigenvalue weighted by Crippen LogP contribution is 2.18. The van der Waals surface area contributed by atoms with Gasteiger partial charge < -0.3 is 4.74 Å². The van der Waals surface area contributed by atoms with E-state index < -0.39 is 5.82 Å². The SMILES string of the molecule is COc1ccc(Cc2nc3ccc(F)cn3c2C#N)cc1. The monoisotopic (exact) mass is 281 g/mol. The van der Waals surface area contributed by atoms with E-state index in [2.05, 4.69) is 11.1 Å². The fourth-order valence-electron chi connectivity index (χ4n) is 2.25. The molecule has 0 saturated heterocycles. The summed E-state index contributed by atoms with van der Waals surface area (Å²) in [5.41, 5.74) is 2.57. The molecule has 0 fully saturated rings. The lowest BCUT2D eigenvalue weighted by atomic mass is 10.1. The molecule has 1 aromatic carbocycles. The average Bonchev–Trinajstić information content (AvgIpc) is 2.84. The summed E-state index contributed by atoms with van der Waals surface area (Å²) in [6.45, 7) is 0. The number of hydrogen-bond acceptors (Lipinski definition) is 3. The molecule has 3 rings (SSSR count). The minimum atomic E-state index is -0.396. The van der Waals surface area contributed by atoms with Crippen LogP contribution in [0.25, 0.3) is 5.65 Å². The summed E-state index contributed by atoms with van der Waals surface area (Å²) in [5, 5.41) is 9.30. The number of ether oxygens (including phenoxy) is 1. The number of halogens is 1. The number of nitrogens with zero attached hydrogens (tertiary/aromatic N) is 3. The lowest BCUT2D eigenvalue weighted by Crippen LogP contribution is -1.94. The summed E-state index contributed by atoms with van der Waals surface area (Å²) in [4.78, 5) is 4.41. The van der Waals surface area contributed by atoms with Crippen molar-refractivity contribution in [3.63, 3.8) is 0 Å². The minimum absolute atomic E-state index is 0.361. The molecule has 0 amide bonds. The summed E-state index contributed by atoms with van der Waals surface area (Å²) < 4.78 is 19.9. The van der Waals surface area contributed by atoms with Crippen molar-refractivity contribution in [1.82, 2.24) is 9.38 Å².